The normalized spacial score (nSPS) is 19.1. The molecule has 1 atom stereocenters. The van der Waals surface area contributed by atoms with Crippen LogP contribution in [0.5, 0.6) is 5.75 Å². The van der Waals surface area contributed by atoms with Crippen LogP contribution in [0.3, 0.4) is 0 Å². The number of carbonyl (C=O) groups is 1. The van der Waals surface area contributed by atoms with Crippen LogP contribution in [0.25, 0.3) is 0 Å². The molecule has 1 spiro atoms. The second-order valence-corrected chi connectivity index (χ2v) is 14.1. The van der Waals surface area contributed by atoms with Gasteiger partial charge in [0.1, 0.15) is 23.1 Å². The van der Waals surface area contributed by atoms with Crippen molar-refractivity contribution >= 4 is 27.3 Å². The van der Waals surface area contributed by atoms with E-state index >= 15 is 0 Å². The Morgan fingerprint density at radius 2 is 1.72 bits per heavy atom. The van der Waals surface area contributed by atoms with Crippen LogP contribution in [0, 0.1) is 5.92 Å². The Labute approximate surface area is 256 Å². The highest BCUT2D eigenvalue weighted by molar-refractivity contribution is 7.91. The Morgan fingerprint density at radius 3 is 2.40 bits per heavy atom. The standard InChI is InChI=1S/C32H38ClF2N3O4S/c33-25-10-13-27(42-22-29(34)35)28(18-25)43(40,41)26-11-8-23(9-12-26)20-37-30(39)24-19-32(31-36-16-17-38(31)21-24)14-6-4-2-1-3-5-7-15-32/h8-13,16-18,24,29H,1-7,14-15,19-22H2,(H,37,39). The molecule has 2 heterocycles. The molecule has 0 bridgehead atoms. The number of aromatic nitrogens is 2. The van der Waals surface area contributed by atoms with Crippen molar-refractivity contribution in [3.63, 3.8) is 0 Å². The van der Waals surface area contributed by atoms with E-state index in [1.807, 2.05) is 12.4 Å². The third-order valence-electron chi connectivity index (χ3n) is 8.69. The van der Waals surface area contributed by atoms with Gasteiger partial charge in [-0.3, -0.25) is 4.79 Å². The van der Waals surface area contributed by atoms with Gasteiger partial charge < -0.3 is 14.6 Å². The minimum Gasteiger partial charge on any atom is -0.486 e. The molecule has 3 aromatic rings. The molecule has 1 aliphatic heterocycles. The number of hydrogen-bond acceptors (Lipinski definition) is 5. The van der Waals surface area contributed by atoms with Crippen molar-refractivity contribution in [1.82, 2.24) is 14.9 Å². The minimum atomic E-state index is -4.10. The minimum absolute atomic E-state index is 0.0211. The first-order valence-electron chi connectivity index (χ1n) is 15.0. The van der Waals surface area contributed by atoms with Crippen molar-refractivity contribution in [1.29, 1.82) is 0 Å². The van der Waals surface area contributed by atoms with Gasteiger partial charge in [-0.2, -0.15) is 0 Å². The van der Waals surface area contributed by atoms with Crippen LogP contribution in [0.4, 0.5) is 8.78 Å². The van der Waals surface area contributed by atoms with Gasteiger partial charge in [-0.1, -0.05) is 68.7 Å². The zero-order valence-corrected chi connectivity index (χ0v) is 25.7. The molecule has 0 radical (unpaired) electrons. The lowest BCUT2D eigenvalue weighted by Gasteiger charge is -2.41. The van der Waals surface area contributed by atoms with Gasteiger partial charge in [-0.25, -0.2) is 22.2 Å². The molecule has 232 valence electrons. The van der Waals surface area contributed by atoms with E-state index in [2.05, 4.69) is 9.88 Å². The van der Waals surface area contributed by atoms with E-state index in [4.69, 9.17) is 21.3 Å². The summed E-state index contributed by atoms with van der Waals surface area (Å²) in [6, 6.07) is 9.97. The molecule has 7 nitrogen and oxygen atoms in total. The van der Waals surface area contributed by atoms with Gasteiger partial charge in [0, 0.05) is 35.9 Å². The number of fused-ring (bicyclic) bond motifs is 2. The molecule has 1 saturated carbocycles. The molecule has 1 amide bonds. The summed E-state index contributed by atoms with van der Waals surface area (Å²) in [5.41, 5.74) is 0.648. The van der Waals surface area contributed by atoms with Gasteiger partial charge in [0.15, 0.2) is 0 Å². The number of nitrogens with zero attached hydrogens (tertiary/aromatic N) is 2. The number of amides is 1. The zero-order chi connectivity index (χ0) is 30.5. The maximum Gasteiger partial charge on any atom is 0.272 e. The molecule has 1 aromatic heterocycles. The quantitative estimate of drug-likeness (QED) is 0.285. The van der Waals surface area contributed by atoms with Crippen molar-refractivity contribution in [3.8, 4) is 5.75 Å². The number of alkyl halides is 2. The topological polar surface area (TPSA) is 90.3 Å². The Balaban J connectivity index is 1.26. The van der Waals surface area contributed by atoms with Gasteiger partial charge in [-0.05, 0) is 55.2 Å². The first-order valence-corrected chi connectivity index (χ1v) is 16.9. The van der Waals surface area contributed by atoms with E-state index in [1.54, 1.807) is 12.1 Å². The summed E-state index contributed by atoms with van der Waals surface area (Å²) in [6.45, 7) is -0.0951. The van der Waals surface area contributed by atoms with E-state index in [9.17, 15) is 22.0 Å². The SMILES string of the molecule is O=C(NCc1ccc(S(=O)(=O)c2cc(Cl)ccc2OCC(F)F)cc1)C1Cn2ccnc2C2(CCCCCCCCC2)C1. The van der Waals surface area contributed by atoms with Gasteiger partial charge in [0.25, 0.3) is 6.43 Å². The number of imidazole rings is 1. The number of sulfone groups is 1. The zero-order valence-electron chi connectivity index (χ0n) is 24.1. The Morgan fingerprint density at radius 1 is 1.05 bits per heavy atom. The van der Waals surface area contributed by atoms with Gasteiger partial charge >= 0.3 is 0 Å². The maximum absolute atomic E-state index is 13.5. The van der Waals surface area contributed by atoms with Crippen molar-refractivity contribution in [3.05, 3.63) is 71.3 Å². The fourth-order valence-corrected chi connectivity index (χ4v) is 8.19. The average molecular weight is 634 g/mol. The summed E-state index contributed by atoms with van der Waals surface area (Å²) >= 11 is 6.02. The summed E-state index contributed by atoms with van der Waals surface area (Å²) in [4.78, 5) is 17.9. The largest absolute Gasteiger partial charge is 0.486 e. The molecular formula is C32H38ClF2N3O4S. The Hall–Kier alpha value is -2.98. The molecule has 1 fully saturated rings. The van der Waals surface area contributed by atoms with E-state index < -0.39 is 22.9 Å². The van der Waals surface area contributed by atoms with Crippen LogP contribution < -0.4 is 10.1 Å². The van der Waals surface area contributed by atoms with E-state index in [0.29, 0.717) is 6.54 Å². The number of carbonyl (C=O) groups excluding carboxylic acids is 1. The number of benzene rings is 2. The van der Waals surface area contributed by atoms with Crippen LogP contribution in [0.2, 0.25) is 5.02 Å². The summed E-state index contributed by atoms with van der Waals surface area (Å²) in [7, 11) is -4.10. The lowest BCUT2D eigenvalue weighted by molar-refractivity contribution is -0.127. The monoisotopic (exact) mass is 633 g/mol. The average Bonchev–Trinajstić information content (AvgIpc) is 3.48. The Kier molecular flexibility index (Phi) is 10.1. The third-order valence-corrected chi connectivity index (χ3v) is 10.7. The third kappa shape index (κ3) is 7.40. The molecular weight excluding hydrogens is 596 g/mol. The highest BCUT2D eigenvalue weighted by Gasteiger charge is 2.43. The van der Waals surface area contributed by atoms with Crippen LogP contribution >= 0.6 is 11.6 Å². The molecule has 1 unspecified atom stereocenters. The summed E-state index contributed by atoms with van der Waals surface area (Å²) in [5, 5.41) is 3.21. The lowest BCUT2D eigenvalue weighted by Crippen LogP contribution is -2.44. The van der Waals surface area contributed by atoms with Crippen molar-refractivity contribution in [2.45, 2.75) is 98.9 Å². The molecule has 1 aliphatic carbocycles. The first kappa shape index (κ1) is 31.4. The molecule has 5 rings (SSSR count). The number of ether oxygens (including phenoxy) is 1. The molecule has 2 aromatic carbocycles. The maximum atomic E-state index is 13.5. The number of rotatable bonds is 8. The summed E-state index contributed by atoms with van der Waals surface area (Å²) < 4.78 is 59.3. The smallest absolute Gasteiger partial charge is 0.272 e. The van der Waals surface area contributed by atoms with Crippen LogP contribution in [0.1, 0.15) is 75.6 Å². The number of halogens is 3. The van der Waals surface area contributed by atoms with Crippen molar-refractivity contribution in [2.75, 3.05) is 6.61 Å². The summed E-state index contributed by atoms with van der Waals surface area (Å²) in [5.74, 6) is 0.727. The lowest BCUT2D eigenvalue weighted by atomic mass is 9.68. The van der Waals surface area contributed by atoms with E-state index in [0.717, 1.165) is 43.5 Å². The van der Waals surface area contributed by atoms with Gasteiger partial charge in [0.05, 0.1) is 10.8 Å². The highest BCUT2D eigenvalue weighted by atomic mass is 35.5. The molecule has 0 saturated heterocycles. The number of nitrogens with one attached hydrogen (secondary N) is 1. The Bertz CT molecular complexity index is 1500. The van der Waals surface area contributed by atoms with Crippen molar-refractivity contribution in [2.24, 2.45) is 5.92 Å². The second-order valence-electron chi connectivity index (χ2n) is 11.7. The van der Waals surface area contributed by atoms with E-state index in [1.165, 1.54) is 62.4 Å². The molecule has 2 aliphatic rings. The molecule has 43 heavy (non-hydrogen) atoms. The van der Waals surface area contributed by atoms with Gasteiger partial charge in [-0.15, -0.1) is 0 Å². The number of hydrogen-bond donors (Lipinski definition) is 1. The van der Waals surface area contributed by atoms with Crippen LogP contribution in [-0.4, -0.2) is 36.9 Å². The molecule has 11 heteroatoms. The predicted molar refractivity (Wildman–Crippen MR) is 160 cm³/mol. The van der Waals surface area contributed by atoms with Crippen LogP contribution in [-0.2, 0) is 33.1 Å². The van der Waals surface area contributed by atoms with Crippen LogP contribution in [0.15, 0.2) is 64.6 Å². The predicted octanol–water partition coefficient (Wildman–Crippen LogP) is 7.11. The fourth-order valence-electron chi connectivity index (χ4n) is 6.53. The molecule has 1 N–H and O–H groups in total. The highest BCUT2D eigenvalue weighted by Crippen LogP contribution is 2.44. The first-order chi connectivity index (χ1) is 20.7. The summed E-state index contributed by atoms with van der Waals surface area (Å²) in [6.07, 6.45) is 12.5. The second kappa shape index (κ2) is 13.8. The van der Waals surface area contributed by atoms with E-state index in [-0.39, 0.29) is 44.3 Å². The van der Waals surface area contributed by atoms with Gasteiger partial charge in [0.2, 0.25) is 15.7 Å². The fraction of sp³-hybridized carbons (Fsp3) is 0.500. The van der Waals surface area contributed by atoms with Crippen molar-refractivity contribution < 1.29 is 26.7 Å².